The lowest BCUT2D eigenvalue weighted by Crippen LogP contribution is -2.33. The van der Waals surface area contributed by atoms with Crippen LogP contribution in [0.5, 0.6) is 5.75 Å². The molecule has 0 fully saturated rings. The zero-order valence-electron chi connectivity index (χ0n) is 10.9. The molecule has 1 heterocycles. The third kappa shape index (κ3) is 2.50. The Labute approximate surface area is 116 Å². The van der Waals surface area contributed by atoms with Gasteiger partial charge in [-0.2, -0.15) is 0 Å². The summed E-state index contributed by atoms with van der Waals surface area (Å²) in [5, 5.41) is 0. The number of carbonyl (C=O) groups is 1. The predicted molar refractivity (Wildman–Crippen MR) is 74.4 cm³/mol. The summed E-state index contributed by atoms with van der Waals surface area (Å²) in [7, 11) is 0. The van der Waals surface area contributed by atoms with Gasteiger partial charge in [0.1, 0.15) is 11.6 Å². The van der Waals surface area contributed by atoms with Gasteiger partial charge in [-0.3, -0.25) is 4.79 Å². The Morgan fingerprint density at radius 3 is 2.70 bits per heavy atom. The summed E-state index contributed by atoms with van der Waals surface area (Å²) < 4.78 is 18.2. The first-order chi connectivity index (χ1) is 9.74. The highest BCUT2D eigenvalue weighted by Crippen LogP contribution is 2.27. The number of fused-ring (bicyclic) bond motifs is 1. The molecule has 0 radical (unpaired) electrons. The van der Waals surface area contributed by atoms with Crippen molar-refractivity contribution in [2.45, 2.75) is 6.42 Å². The number of anilines is 1. The first-order valence-corrected chi connectivity index (χ1v) is 6.51. The fraction of sp³-hybridized carbons (Fsp3) is 0.188. The van der Waals surface area contributed by atoms with Gasteiger partial charge >= 0.3 is 0 Å². The minimum Gasteiger partial charge on any atom is -0.484 e. The average Bonchev–Trinajstić information content (AvgIpc) is 2.90. The zero-order chi connectivity index (χ0) is 13.9. The van der Waals surface area contributed by atoms with Crippen LogP contribution < -0.4 is 9.64 Å². The second-order valence-electron chi connectivity index (χ2n) is 4.67. The van der Waals surface area contributed by atoms with Crippen LogP contribution in [0, 0.1) is 5.82 Å². The van der Waals surface area contributed by atoms with Crippen molar-refractivity contribution in [3.63, 3.8) is 0 Å². The lowest BCUT2D eigenvalue weighted by atomic mass is 10.2. The number of benzene rings is 2. The SMILES string of the molecule is O=C(COc1ccc(F)cc1)N1CCc2ccccc21. The second-order valence-corrected chi connectivity index (χ2v) is 4.67. The number of hydrogen-bond acceptors (Lipinski definition) is 2. The Bertz CT molecular complexity index is 625. The molecule has 1 aliphatic heterocycles. The summed E-state index contributed by atoms with van der Waals surface area (Å²) in [6, 6.07) is 13.5. The number of hydrogen-bond donors (Lipinski definition) is 0. The molecule has 0 unspecified atom stereocenters. The Hall–Kier alpha value is -2.36. The van der Waals surface area contributed by atoms with Gasteiger partial charge in [0.25, 0.3) is 5.91 Å². The van der Waals surface area contributed by atoms with E-state index in [2.05, 4.69) is 0 Å². The third-order valence-corrected chi connectivity index (χ3v) is 3.36. The van der Waals surface area contributed by atoms with Crippen LogP contribution in [0.2, 0.25) is 0 Å². The van der Waals surface area contributed by atoms with Gasteiger partial charge in [-0.05, 0) is 42.3 Å². The molecular formula is C16H14FNO2. The smallest absolute Gasteiger partial charge is 0.264 e. The number of nitrogens with zero attached hydrogens (tertiary/aromatic N) is 1. The molecular weight excluding hydrogens is 257 g/mol. The molecule has 1 aliphatic rings. The van der Waals surface area contributed by atoms with E-state index in [0.29, 0.717) is 12.3 Å². The van der Waals surface area contributed by atoms with E-state index >= 15 is 0 Å². The first-order valence-electron chi connectivity index (χ1n) is 6.51. The van der Waals surface area contributed by atoms with Crippen LogP contribution in [0.25, 0.3) is 0 Å². The quantitative estimate of drug-likeness (QED) is 0.859. The third-order valence-electron chi connectivity index (χ3n) is 3.36. The summed E-state index contributed by atoms with van der Waals surface area (Å²) >= 11 is 0. The van der Waals surface area contributed by atoms with Crippen molar-refractivity contribution in [3.8, 4) is 5.75 Å². The molecule has 4 heteroatoms. The maximum absolute atomic E-state index is 12.8. The minimum atomic E-state index is -0.322. The summed E-state index contributed by atoms with van der Waals surface area (Å²) in [6.07, 6.45) is 0.873. The van der Waals surface area contributed by atoms with Crippen molar-refractivity contribution in [3.05, 3.63) is 59.9 Å². The lowest BCUT2D eigenvalue weighted by Gasteiger charge is -2.17. The number of para-hydroxylation sites is 1. The van der Waals surface area contributed by atoms with Gasteiger partial charge in [0, 0.05) is 12.2 Å². The molecule has 0 saturated heterocycles. The van der Waals surface area contributed by atoms with E-state index in [1.54, 1.807) is 4.90 Å². The molecule has 3 rings (SSSR count). The largest absolute Gasteiger partial charge is 0.484 e. The van der Waals surface area contributed by atoms with Gasteiger partial charge in [-0.15, -0.1) is 0 Å². The summed E-state index contributed by atoms with van der Waals surface area (Å²) in [5.41, 5.74) is 2.14. The van der Waals surface area contributed by atoms with E-state index in [9.17, 15) is 9.18 Å². The number of amides is 1. The molecule has 0 aliphatic carbocycles. The van der Waals surface area contributed by atoms with E-state index in [1.807, 2.05) is 24.3 Å². The predicted octanol–water partition coefficient (Wildman–Crippen LogP) is 2.79. The van der Waals surface area contributed by atoms with Gasteiger partial charge in [-0.1, -0.05) is 18.2 Å². The van der Waals surface area contributed by atoms with Gasteiger partial charge < -0.3 is 9.64 Å². The molecule has 3 nitrogen and oxygen atoms in total. The van der Waals surface area contributed by atoms with Crippen LogP contribution in [0.1, 0.15) is 5.56 Å². The van der Waals surface area contributed by atoms with Crippen LogP contribution in [0.4, 0.5) is 10.1 Å². The standard InChI is InChI=1S/C16H14FNO2/c17-13-5-7-14(8-6-13)20-11-16(19)18-10-9-12-3-1-2-4-15(12)18/h1-8H,9-11H2. The van der Waals surface area contributed by atoms with Crippen molar-refractivity contribution >= 4 is 11.6 Å². The second kappa shape index (κ2) is 5.33. The number of halogens is 1. The molecule has 0 spiro atoms. The molecule has 102 valence electrons. The topological polar surface area (TPSA) is 29.5 Å². The Kier molecular flexibility index (Phi) is 3.37. The molecule has 20 heavy (non-hydrogen) atoms. The molecule has 0 bridgehead atoms. The van der Waals surface area contributed by atoms with E-state index in [-0.39, 0.29) is 18.3 Å². The number of ether oxygens (including phenoxy) is 1. The first kappa shape index (κ1) is 12.7. The average molecular weight is 271 g/mol. The summed E-state index contributed by atoms with van der Waals surface area (Å²) in [4.78, 5) is 13.9. The molecule has 0 aromatic heterocycles. The monoisotopic (exact) mass is 271 g/mol. The van der Waals surface area contributed by atoms with E-state index in [0.717, 1.165) is 12.1 Å². The van der Waals surface area contributed by atoms with Gasteiger partial charge in [0.2, 0.25) is 0 Å². The number of carbonyl (C=O) groups excluding carboxylic acids is 1. The van der Waals surface area contributed by atoms with Crippen molar-refractivity contribution in [1.29, 1.82) is 0 Å². The van der Waals surface area contributed by atoms with Crippen LogP contribution in [-0.2, 0) is 11.2 Å². The van der Waals surface area contributed by atoms with Crippen molar-refractivity contribution in [2.24, 2.45) is 0 Å². The Morgan fingerprint density at radius 2 is 1.90 bits per heavy atom. The lowest BCUT2D eigenvalue weighted by molar-refractivity contribution is -0.120. The maximum atomic E-state index is 12.8. The minimum absolute atomic E-state index is 0.0417. The highest BCUT2D eigenvalue weighted by Gasteiger charge is 2.24. The normalized spacial score (nSPS) is 13.2. The van der Waals surface area contributed by atoms with Crippen molar-refractivity contribution < 1.29 is 13.9 Å². The van der Waals surface area contributed by atoms with Gasteiger partial charge in [0.15, 0.2) is 6.61 Å². The van der Waals surface area contributed by atoms with Crippen LogP contribution in [0.3, 0.4) is 0 Å². The van der Waals surface area contributed by atoms with Crippen LogP contribution >= 0.6 is 0 Å². The zero-order valence-corrected chi connectivity index (χ0v) is 10.9. The molecule has 1 amide bonds. The van der Waals surface area contributed by atoms with E-state index in [1.165, 1.54) is 29.8 Å². The molecule has 0 atom stereocenters. The van der Waals surface area contributed by atoms with Gasteiger partial charge in [-0.25, -0.2) is 4.39 Å². The van der Waals surface area contributed by atoms with Crippen LogP contribution in [0.15, 0.2) is 48.5 Å². The van der Waals surface area contributed by atoms with Crippen molar-refractivity contribution in [2.75, 3.05) is 18.1 Å². The fourth-order valence-electron chi connectivity index (χ4n) is 2.35. The number of rotatable bonds is 3. The molecule has 0 N–H and O–H groups in total. The highest BCUT2D eigenvalue weighted by molar-refractivity contribution is 5.96. The van der Waals surface area contributed by atoms with E-state index in [4.69, 9.17) is 4.74 Å². The molecule has 2 aromatic carbocycles. The Balaban J connectivity index is 1.65. The summed E-state index contributed by atoms with van der Waals surface area (Å²) in [5.74, 6) is 0.0867. The van der Waals surface area contributed by atoms with E-state index < -0.39 is 0 Å². The summed E-state index contributed by atoms with van der Waals surface area (Å²) in [6.45, 7) is 0.644. The maximum Gasteiger partial charge on any atom is 0.264 e. The molecule has 2 aromatic rings. The van der Waals surface area contributed by atoms with Crippen LogP contribution in [-0.4, -0.2) is 19.1 Å². The van der Waals surface area contributed by atoms with Gasteiger partial charge in [0.05, 0.1) is 0 Å². The highest BCUT2D eigenvalue weighted by atomic mass is 19.1. The van der Waals surface area contributed by atoms with Crippen molar-refractivity contribution in [1.82, 2.24) is 0 Å². The fourth-order valence-corrected chi connectivity index (χ4v) is 2.35. The Morgan fingerprint density at radius 1 is 1.15 bits per heavy atom. The molecule has 0 saturated carbocycles.